The van der Waals surface area contributed by atoms with Crippen LogP contribution in [0, 0.1) is 5.82 Å². The van der Waals surface area contributed by atoms with E-state index in [1.165, 1.54) is 24.1 Å². The summed E-state index contributed by atoms with van der Waals surface area (Å²) in [5.41, 5.74) is 6.11. The largest absolute Gasteiger partial charge is 0.464 e. The highest BCUT2D eigenvalue weighted by Crippen LogP contribution is 2.07. The molecule has 1 unspecified atom stereocenters. The summed E-state index contributed by atoms with van der Waals surface area (Å²) < 4.78 is 17.7. The number of hydrogen-bond donors (Lipinski definition) is 1. The van der Waals surface area contributed by atoms with Crippen LogP contribution >= 0.6 is 0 Å². The van der Waals surface area contributed by atoms with E-state index >= 15 is 0 Å². The van der Waals surface area contributed by atoms with E-state index in [-0.39, 0.29) is 19.0 Å². The number of halogens is 1. The maximum atomic E-state index is 13.0. The molecule has 1 rings (SSSR count). The molecule has 0 fully saturated rings. The van der Waals surface area contributed by atoms with E-state index in [0.717, 1.165) is 0 Å². The Morgan fingerprint density at radius 2 is 2.16 bits per heavy atom. The Morgan fingerprint density at radius 1 is 1.47 bits per heavy atom. The third kappa shape index (κ3) is 4.33. The lowest BCUT2D eigenvalue weighted by molar-refractivity contribution is -0.150. The number of carbonyl (C=O) groups excluding carboxylic acids is 2. The molecule has 0 saturated carbocycles. The van der Waals surface area contributed by atoms with E-state index in [0.29, 0.717) is 5.56 Å². The Bertz CT molecular complexity index is 465. The second-order valence-electron chi connectivity index (χ2n) is 4.05. The maximum absolute atomic E-state index is 13.0. The summed E-state index contributed by atoms with van der Waals surface area (Å²) in [5.74, 6) is -1.71. The van der Waals surface area contributed by atoms with Gasteiger partial charge in [0, 0.05) is 13.6 Å². The van der Waals surface area contributed by atoms with Gasteiger partial charge in [-0.1, -0.05) is 12.1 Å². The summed E-state index contributed by atoms with van der Waals surface area (Å²) in [5, 5.41) is 0. The summed E-state index contributed by atoms with van der Waals surface area (Å²) in [6, 6.07) is 4.52. The van der Waals surface area contributed by atoms with Gasteiger partial charge in [-0.3, -0.25) is 4.79 Å². The highest BCUT2D eigenvalue weighted by atomic mass is 19.1. The molecule has 0 bridgehead atoms. The second-order valence-corrected chi connectivity index (χ2v) is 4.05. The van der Waals surface area contributed by atoms with Gasteiger partial charge in [0.2, 0.25) is 0 Å². The first-order valence-electron chi connectivity index (χ1n) is 5.87. The molecule has 1 aromatic carbocycles. The summed E-state index contributed by atoms with van der Waals surface area (Å²) >= 11 is 0. The standard InChI is InChI=1S/C13H17FN2O3/c1-3-19-13(18)11(15)12(17)16(2)8-9-5-4-6-10(14)7-9/h4-7,11H,3,8,15H2,1-2H3. The van der Waals surface area contributed by atoms with Gasteiger partial charge in [-0.2, -0.15) is 0 Å². The molecule has 1 atom stereocenters. The molecule has 0 aliphatic rings. The summed E-state index contributed by atoms with van der Waals surface area (Å²) in [7, 11) is 1.49. The molecule has 0 spiro atoms. The van der Waals surface area contributed by atoms with Crippen molar-refractivity contribution in [2.24, 2.45) is 5.73 Å². The van der Waals surface area contributed by atoms with Gasteiger partial charge in [0.05, 0.1) is 6.61 Å². The molecular weight excluding hydrogens is 251 g/mol. The predicted octanol–water partition coefficient (Wildman–Crippen LogP) is 0.675. The van der Waals surface area contributed by atoms with Gasteiger partial charge >= 0.3 is 5.97 Å². The van der Waals surface area contributed by atoms with Crippen molar-refractivity contribution in [2.75, 3.05) is 13.7 Å². The first-order valence-corrected chi connectivity index (χ1v) is 5.87. The molecule has 0 aliphatic carbocycles. The zero-order chi connectivity index (χ0) is 14.4. The van der Waals surface area contributed by atoms with E-state index in [2.05, 4.69) is 4.74 Å². The van der Waals surface area contributed by atoms with Crippen molar-refractivity contribution < 1.29 is 18.7 Å². The van der Waals surface area contributed by atoms with Crippen molar-refractivity contribution in [1.82, 2.24) is 4.90 Å². The monoisotopic (exact) mass is 268 g/mol. The Kier molecular flexibility index (Phi) is 5.44. The first-order chi connectivity index (χ1) is 8.95. The minimum atomic E-state index is -1.35. The van der Waals surface area contributed by atoms with Gasteiger partial charge in [0.25, 0.3) is 5.91 Å². The molecule has 0 heterocycles. The van der Waals surface area contributed by atoms with E-state index in [1.807, 2.05) is 0 Å². The van der Waals surface area contributed by atoms with Crippen LogP contribution in [0.2, 0.25) is 0 Å². The van der Waals surface area contributed by atoms with Crippen molar-refractivity contribution in [3.05, 3.63) is 35.6 Å². The number of amides is 1. The fourth-order valence-corrected chi connectivity index (χ4v) is 1.56. The number of benzene rings is 1. The van der Waals surface area contributed by atoms with Crippen molar-refractivity contribution in [3.8, 4) is 0 Å². The molecular formula is C13H17FN2O3. The van der Waals surface area contributed by atoms with Gasteiger partial charge in [-0.25, -0.2) is 9.18 Å². The van der Waals surface area contributed by atoms with Gasteiger partial charge < -0.3 is 15.4 Å². The number of nitrogens with zero attached hydrogens (tertiary/aromatic N) is 1. The molecule has 5 nitrogen and oxygen atoms in total. The molecule has 104 valence electrons. The number of carbonyl (C=O) groups is 2. The first kappa shape index (κ1) is 15.1. The van der Waals surface area contributed by atoms with Crippen LogP contribution in [-0.4, -0.2) is 36.5 Å². The fraction of sp³-hybridized carbons (Fsp3) is 0.385. The van der Waals surface area contributed by atoms with Crippen LogP contribution in [0.4, 0.5) is 4.39 Å². The molecule has 0 saturated heterocycles. The smallest absolute Gasteiger partial charge is 0.332 e. The second kappa shape index (κ2) is 6.84. The van der Waals surface area contributed by atoms with Crippen LogP contribution in [0.25, 0.3) is 0 Å². The molecule has 6 heteroatoms. The SMILES string of the molecule is CCOC(=O)C(N)C(=O)N(C)Cc1cccc(F)c1. The van der Waals surface area contributed by atoms with Crippen LogP contribution in [0.5, 0.6) is 0 Å². The minimum absolute atomic E-state index is 0.160. The number of rotatable bonds is 5. The zero-order valence-electron chi connectivity index (χ0n) is 10.9. The number of likely N-dealkylation sites (N-methyl/N-ethyl adjacent to an activating group) is 1. The molecule has 1 aromatic rings. The quantitative estimate of drug-likeness (QED) is 0.629. The van der Waals surface area contributed by atoms with E-state index in [4.69, 9.17) is 5.73 Å². The summed E-state index contributed by atoms with van der Waals surface area (Å²) in [6.07, 6.45) is 0. The van der Waals surface area contributed by atoms with Crippen LogP contribution in [-0.2, 0) is 20.9 Å². The Morgan fingerprint density at radius 3 is 2.74 bits per heavy atom. The average Bonchev–Trinajstić information content (AvgIpc) is 2.37. The summed E-state index contributed by atoms with van der Waals surface area (Å²) in [4.78, 5) is 24.5. The Hall–Kier alpha value is -1.95. The topological polar surface area (TPSA) is 72.6 Å². The molecule has 0 aromatic heterocycles. The van der Waals surface area contributed by atoms with Crippen LogP contribution in [0.15, 0.2) is 24.3 Å². The number of ether oxygens (including phenoxy) is 1. The Balaban J connectivity index is 2.64. The number of hydrogen-bond acceptors (Lipinski definition) is 4. The van der Waals surface area contributed by atoms with Crippen molar-refractivity contribution in [1.29, 1.82) is 0 Å². The van der Waals surface area contributed by atoms with Crippen LogP contribution in [0.1, 0.15) is 12.5 Å². The lowest BCUT2D eigenvalue weighted by Crippen LogP contribution is -2.47. The highest BCUT2D eigenvalue weighted by Gasteiger charge is 2.26. The van der Waals surface area contributed by atoms with Crippen molar-refractivity contribution in [2.45, 2.75) is 19.5 Å². The van der Waals surface area contributed by atoms with E-state index < -0.39 is 17.9 Å². The third-order valence-corrected chi connectivity index (χ3v) is 2.49. The molecule has 2 N–H and O–H groups in total. The molecule has 0 aliphatic heterocycles. The van der Waals surface area contributed by atoms with Crippen molar-refractivity contribution in [3.63, 3.8) is 0 Å². The summed E-state index contributed by atoms with van der Waals surface area (Å²) in [6.45, 7) is 1.96. The normalized spacial score (nSPS) is 11.8. The molecule has 0 radical (unpaired) electrons. The van der Waals surface area contributed by atoms with Gasteiger partial charge in [0.15, 0.2) is 6.04 Å². The third-order valence-electron chi connectivity index (χ3n) is 2.49. The fourth-order valence-electron chi connectivity index (χ4n) is 1.56. The van der Waals surface area contributed by atoms with Crippen LogP contribution in [0.3, 0.4) is 0 Å². The van der Waals surface area contributed by atoms with Crippen LogP contribution < -0.4 is 5.73 Å². The minimum Gasteiger partial charge on any atom is -0.464 e. The van der Waals surface area contributed by atoms with Gasteiger partial charge in [-0.05, 0) is 24.6 Å². The highest BCUT2D eigenvalue weighted by molar-refractivity contribution is 6.01. The molecule has 1 amide bonds. The van der Waals surface area contributed by atoms with E-state index in [1.54, 1.807) is 19.1 Å². The maximum Gasteiger partial charge on any atom is 0.332 e. The lowest BCUT2D eigenvalue weighted by Gasteiger charge is -2.20. The Labute approximate surface area is 111 Å². The van der Waals surface area contributed by atoms with Crippen molar-refractivity contribution >= 4 is 11.9 Å². The zero-order valence-corrected chi connectivity index (χ0v) is 10.9. The van der Waals surface area contributed by atoms with Gasteiger partial charge in [-0.15, -0.1) is 0 Å². The predicted molar refractivity (Wildman–Crippen MR) is 67.5 cm³/mol. The lowest BCUT2D eigenvalue weighted by atomic mass is 10.2. The molecule has 19 heavy (non-hydrogen) atoms. The van der Waals surface area contributed by atoms with Gasteiger partial charge in [0.1, 0.15) is 5.82 Å². The average molecular weight is 268 g/mol. The van der Waals surface area contributed by atoms with E-state index in [9.17, 15) is 14.0 Å². The number of esters is 1. The number of nitrogens with two attached hydrogens (primary N) is 1.